The molecule has 6 heteroatoms. The summed E-state index contributed by atoms with van der Waals surface area (Å²) >= 11 is 0. The Hall–Kier alpha value is -1.40. The minimum Gasteiger partial charge on any atom is -0.381 e. The fourth-order valence-electron chi connectivity index (χ4n) is 2.34. The molecule has 1 N–H and O–H groups in total. The van der Waals surface area contributed by atoms with Crippen LogP contribution in [0.4, 0.5) is 0 Å². The van der Waals surface area contributed by atoms with Crippen molar-refractivity contribution in [2.75, 3.05) is 19.8 Å². The number of nitrogens with zero attached hydrogens (tertiary/aromatic N) is 2. The number of aryl methyl sites for hydroxylation is 1. The second-order valence-corrected chi connectivity index (χ2v) is 5.11. The van der Waals surface area contributed by atoms with Crippen LogP contribution < -0.4 is 16.6 Å². The third-order valence-corrected chi connectivity index (χ3v) is 3.59. The van der Waals surface area contributed by atoms with E-state index in [2.05, 4.69) is 5.32 Å². The summed E-state index contributed by atoms with van der Waals surface area (Å²) in [5.74, 6) is 0.635. The van der Waals surface area contributed by atoms with Crippen molar-refractivity contribution in [1.29, 1.82) is 0 Å². The normalized spacial score (nSPS) is 18.9. The molecule has 0 aromatic carbocycles. The van der Waals surface area contributed by atoms with Crippen LogP contribution in [0.25, 0.3) is 0 Å². The van der Waals surface area contributed by atoms with Crippen LogP contribution in [0.3, 0.4) is 0 Å². The van der Waals surface area contributed by atoms with Crippen molar-refractivity contribution in [2.45, 2.75) is 19.4 Å². The van der Waals surface area contributed by atoms with E-state index in [0.29, 0.717) is 18.0 Å². The summed E-state index contributed by atoms with van der Waals surface area (Å²) in [7, 11) is 3.16. The van der Waals surface area contributed by atoms with Gasteiger partial charge in [0.05, 0.1) is 0 Å². The van der Waals surface area contributed by atoms with E-state index in [1.54, 1.807) is 13.2 Å². The molecule has 1 atom stereocenters. The first-order chi connectivity index (χ1) is 9.09. The Kier molecular flexibility index (Phi) is 4.55. The van der Waals surface area contributed by atoms with E-state index in [4.69, 9.17) is 4.74 Å². The molecule has 19 heavy (non-hydrogen) atoms. The van der Waals surface area contributed by atoms with Crippen LogP contribution in [-0.2, 0) is 25.4 Å². The van der Waals surface area contributed by atoms with Crippen molar-refractivity contribution in [3.8, 4) is 0 Å². The molecule has 0 saturated carbocycles. The number of aromatic nitrogens is 2. The highest BCUT2D eigenvalue weighted by atomic mass is 16.5. The zero-order valence-corrected chi connectivity index (χ0v) is 11.5. The molecule has 106 valence electrons. The summed E-state index contributed by atoms with van der Waals surface area (Å²) in [6.07, 6.45) is 3.80. The van der Waals surface area contributed by atoms with Gasteiger partial charge in [-0.15, -0.1) is 0 Å². The molecule has 0 bridgehead atoms. The molecule has 1 fully saturated rings. The SMILES string of the molecule is Cn1cc(CNCCC2CCOC2)c(=O)n(C)c1=O. The van der Waals surface area contributed by atoms with Crippen LogP contribution in [-0.4, -0.2) is 28.9 Å². The van der Waals surface area contributed by atoms with E-state index >= 15 is 0 Å². The van der Waals surface area contributed by atoms with Gasteiger partial charge in [-0.3, -0.25) is 9.36 Å². The fourth-order valence-corrected chi connectivity index (χ4v) is 2.34. The summed E-state index contributed by atoms with van der Waals surface area (Å²) in [5, 5.41) is 3.26. The number of hydrogen-bond donors (Lipinski definition) is 1. The lowest BCUT2D eigenvalue weighted by molar-refractivity contribution is 0.184. The molecule has 1 aliphatic rings. The molecule has 2 heterocycles. The Morgan fingerprint density at radius 3 is 2.89 bits per heavy atom. The minimum atomic E-state index is -0.295. The first kappa shape index (κ1) is 14.0. The zero-order chi connectivity index (χ0) is 13.8. The van der Waals surface area contributed by atoms with Crippen molar-refractivity contribution in [3.05, 3.63) is 32.6 Å². The van der Waals surface area contributed by atoms with Crippen molar-refractivity contribution >= 4 is 0 Å². The molecule has 1 aromatic rings. The molecule has 0 aliphatic carbocycles. The predicted octanol–water partition coefficient (Wildman–Crippen LogP) is -0.400. The molecular weight excluding hydrogens is 246 g/mol. The maximum Gasteiger partial charge on any atom is 0.330 e. The Balaban J connectivity index is 1.89. The lowest BCUT2D eigenvalue weighted by Crippen LogP contribution is -2.39. The first-order valence-corrected chi connectivity index (χ1v) is 6.63. The molecule has 1 saturated heterocycles. The topological polar surface area (TPSA) is 65.3 Å². The molecule has 2 rings (SSSR count). The lowest BCUT2D eigenvalue weighted by Gasteiger charge is -2.10. The second-order valence-electron chi connectivity index (χ2n) is 5.11. The average molecular weight is 267 g/mol. The summed E-state index contributed by atoms with van der Waals surface area (Å²) in [5.41, 5.74) is 0.101. The zero-order valence-electron chi connectivity index (χ0n) is 11.5. The van der Waals surface area contributed by atoms with Crippen molar-refractivity contribution in [1.82, 2.24) is 14.5 Å². The van der Waals surface area contributed by atoms with Crippen molar-refractivity contribution < 1.29 is 4.74 Å². The second kappa shape index (κ2) is 6.16. The smallest absolute Gasteiger partial charge is 0.330 e. The van der Waals surface area contributed by atoms with Crippen LogP contribution in [0.5, 0.6) is 0 Å². The average Bonchev–Trinajstić information content (AvgIpc) is 2.91. The van der Waals surface area contributed by atoms with Gasteiger partial charge in [-0.25, -0.2) is 4.79 Å². The first-order valence-electron chi connectivity index (χ1n) is 6.63. The molecule has 1 aromatic heterocycles. The van der Waals surface area contributed by atoms with Gasteiger partial charge in [0.15, 0.2) is 0 Å². The summed E-state index contributed by atoms with van der Waals surface area (Å²) in [6.45, 7) is 3.07. The van der Waals surface area contributed by atoms with Crippen LogP contribution >= 0.6 is 0 Å². The van der Waals surface area contributed by atoms with E-state index in [1.807, 2.05) is 0 Å². The van der Waals surface area contributed by atoms with Gasteiger partial charge in [-0.2, -0.15) is 0 Å². The number of nitrogens with one attached hydrogen (secondary N) is 1. The van der Waals surface area contributed by atoms with Crippen LogP contribution in [0.2, 0.25) is 0 Å². The van der Waals surface area contributed by atoms with Crippen LogP contribution in [0.1, 0.15) is 18.4 Å². The van der Waals surface area contributed by atoms with Crippen molar-refractivity contribution in [2.24, 2.45) is 20.0 Å². The van der Waals surface area contributed by atoms with Crippen LogP contribution in [0.15, 0.2) is 15.8 Å². The standard InChI is InChI=1S/C13H21N3O3/c1-15-8-11(12(17)16(2)13(15)18)7-14-5-3-10-4-6-19-9-10/h8,10,14H,3-7,9H2,1-2H3. The van der Waals surface area contributed by atoms with Gasteiger partial charge in [-0.1, -0.05) is 0 Å². The number of rotatable bonds is 5. The number of hydrogen-bond acceptors (Lipinski definition) is 4. The van der Waals surface area contributed by atoms with Gasteiger partial charge in [0.2, 0.25) is 0 Å². The quantitative estimate of drug-likeness (QED) is 0.737. The third-order valence-electron chi connectivity index (χ3n) is 3.59. The molecular formula is C13H21N3O3. The molecule has 0 radical (unpaired) electrons. The van der Waals surface area contributed by atoms with Gasteiger partial charge in [-0.05, 0) is 25.3 Å². The summed E-state index contributed by atoms with van der Waals surface area (Å²) in [6, 6.07) is 0. The predicted molar refractivity (Wildman–Crippen MR) is 72.2 cm³/mol. The van der Waals surface area contributed by atoms with E-state index < -0.39 is 0 Å². The Morgan fingerprint density at radius 2 is 2.21 bits per heavy atom. The highest BCUT2D eigenvalue weighted by molar-refractivity contribution is 5.05. The third kappa shape index (κ3) is 3.33. The maximum atomic E-state index is 11.9. The Morgan fingerprint density at radius 1 is 1.42 bits per heavy atom. The molecule has 6 nitrogen and oxygen atoms in total. The summed E-state index contributed by atoms with van der Waals surface area (Å²) in [4.78, 5) is 23.4. The monoisotopic (exact) mass is 267 g/mol. The van der Waals surface area contributed by atoms with Crippen molar-refractivity contribution in [3.63, 3.8) is 0 Å². The molecule has 0 spiro atoms. The Labute approximate surface area is 112 Å². The van der Waals surface area contributed by atoms with E-state index in [1.165, 1.54) is 11.6 Å². The van der Waals surface area contributed by atoms with E-state index in [0.717, 1.165) is 37.2 Å². The van der Waals surface area contributed by atoms with Gasteiger partial charge >= 0.3 is 5.69 Å². The minimum absolute atomic E-state index is 0.222. The van der Waals surface area contributed by atoms with Gasteiger partial charge in [0.25, 0.3) is 5.56 Å². The highest BCUT2D eigenvalue weighted by Crippen LogP contribution is 2.15. The van der Waals surface area contributed by atoms with Gasteiger partial charge < -0.3 is 14.6 Å². The van der Waals surface area contributed by atoms with Gasteiger partial charge in [0, 0.05) is 45.6 Å². The maximum absolute atomic E-state index is 11.9. The van der Waals surface area contributed by atoms with Crippen LogP contribution in [0, 0.1) is 5.92 Å². The number of ether oxygens (including phenoxy) is 1. The molecule has 1 unspecified atom stereocenters. The van der Waals surface area contributed by atoms with E-state index in [9.17, 15) is 9.59 Å². The highest BCUT2D eigenvalue weighted by Gasteiger charge is 2.14. The summed E-state index contributed by atoms with van der Waals surface area (Å²) < 4.78 is 7.89. The fraction of sp³-hybridized carbons (Fsp3) is 0.692. The molecule has 0 amide bonds. The van der Waals surface area contributed by atoms with E-state index in [-0.39, 0.29) is 11.2 Å². The molecule has 1 aliphatic heterocycles. The van der Waals surface area contributed by atoms with Gasteiger partial charge in [0.1, 0.15) is 0 Å². The largest absolute Gasteiger partial charge is 0.381 e. The lowest BCUT2D eigenvalue weighted by atomic mass is 10.1. The Bertz CT molecular complexity index is 541.